The van der Waals surface area contributed by atoms with E-state index < -0.39 is 0 Å². The molecule has 0 saturated heterocycles. The minimum absolute atomic E-state index is 0.863. The molecule has 100 valence electrons. The van der Waals surface area contributed by atoms with Gasteiger partial charge in [-0.1, -0.05) is 35.5 Å². The fraction of sp³-hybridized carbons (Fsp3) is 0.312. The lowest BCUT2D eigenvalue weighted by atomic mass is 10.2. The summed E-state index contributed by atoms with van der Waals surface area (Å²) in [6.07, 6.45) is 1.95. The molecule has 0 fully saturated rings. The number of pyridine rings is 1. The van der Waals surface area contributed by atoms with Gasteiger partial charge in [0.1, 0.15) is 5.03 Å². The molecule has 2 rings (SSSR count). The molecular formula is C16H20N2S. The minimum Gasteiger partial charge on any atom is -0.316 e. The summed E-state index contributed by atoms with van der Waals surface area (Å²) in [6, 6.07) is 8.75. The van der Waals surface area contributed by atoms with Gasteiger partial charge in [-0.2, -0.15) is 0 Å². The first-order valence-corrected chi connectivity index (χ1v) is 7.27. The van der Waals surface area contributed by atoms with E-state index in [-0.39, 0.29) is 0 Å². The van der Waals surface area contributed by atoms with Crippen LogP contribution in [0.3, 0.4) is 0 Å². The van der Waals surface area contributed by atoms with Gasteiger partial charge in [-0.3, -0.25) is 0 Å². The lowest BCUT2D eigenvalue weighted by Gasteiger charge is -2.09. The molecule has 19 heavy (non-hydrogen) atoms. The van der Waals surface area contributed by atoms with Crippen LogP contribution in [0.15, 0.2) is 40.4 Å². The van der Waals surface area contributed by atoms with Crippen molar-refractivity contribution in [3.8, 4) is 0 Å². The van der Waals surface area contributed by atoms with E-state index in [4.69, 9.17) is 0 Å². The highest BCUT2D eigenvalue weighted by atomic mass is 32.2. The van der Waals surface area contributed by atoms with Gasteiger partial charge in [-0.05, 0) is 50.6 Å². The molecule has 0 unspecified atom stereocenters. The van der Waals surface area contributed by atoms with Gasteiger partial charge in [0.25, 0.3) is 0 Å². The molecule has 0 aliphatic rings. The predicted molar refractivity (Wildman–Crippen MR) is 81.8 cm³/mol. The molecule has 0 aliphatic carbocycles. The quantitative estimate of drug-likeness (QED) is 0.914. The molecule has 0 aliphatic heterocycles. The lowest BCUT2D eigenvalue weighted by Crippen LogP contribution is -2.05. The number of aryl methyl sites for hydroxylation is 3. The van der Waals surface area contributed by atoms with E-state index in [9.17, 15) is 0 Å². The number of hydrogen-bond donors (Lipinski definition) is 1. The second-order valence-corrected chi connectivity index (χ2v) is 5.90. The Morgan fingerprint density at radius 2 is 1.89 bits per heavy atom. The molecule has 1 heterocycles. The summed E-state index contributed by atoms with van der Waals surface area (Å²) in [5.41, 5.74) is 5.07. The molecule has 0 saturated carbocycles. The summed E-state index contributed by atoms with van der Waals surface area (Å²) in [7, 11) is 1.95. The summed E-state index contributed by atoms with van der Waals surface area (Å²) in [4.78, 5) is 5.86. The molecule has 0 amide bonds. The van der Waals surface area contributed by atoms with E-state index in [0.29, 0.717) is 0 Å². The Kier molecular flexibility index (Phi) is 4.61. The van der Waals surface area contributed by atoms with E-state index in [0.717, 1.165) is 11.6 Å². The van der Waals surface area contributed by atoms with Crippen LogP contribution < -0.4 is 5.32 Å². The van der Waals surface area contributed by atoms with Crippen molar-refractivity contribution in [1.82, 2.24) is 10.3 Å². The maximum absolute atomic E-state index is 4.58. The average molecular weight is 272 g/mol. The minimum atomic E-state index is 0.863. The van der Waals surface area contributed by atoms with Gasteiger partial charge in [0.05, 0.1) is 0 Å². The van der Waals surface area contributed by atoms with Gasteiger partial charge in [0.2, 0.25) is 0 Å². The van der Waals surface area contributed by atoms with Crippen molar-refractivity contribution in [3.63, 3.8) is 0 Å². The summed E-state index contributed by atoms with van der Waals surface area (Å²) in [6.45, 7) is 7.26. The Bertz CT molecular complexity index is 579. The number of nitrogens with zero attached hydrogens (tertiary/aromatic N) is 1. The zero-order chi connectivity index (χ0) is 13.8. The Hall–Kier alpha value is -1.32. The summed E-state index contributed by atoms with van der Waals surface area (Å²) < 4.78 is 0. The molecule has 1 aromatic carbocycles. The highest BCUT2D eigenvalue weighted by Gasteiger charge is 2.06. The largest absolute Gasteiger partial charge is 0.316 e. The van der Waals surface area contributed by atoms with Crippen molar-refractivity contribution in [1.29, 1.82) is 0 Å². The monoisotopic (exact) mass is 272 g/mol. The van der Waals surface area contributed by atoms with Gasteiger partial charge in [-0.25, -0.2) is 4.98 Å². The van der Waals surface area contributed by atoms with Crippen LogP contribution in [-0.2, 0) is 6.54 Å². The van der Waals surface area contributed by atoms with E-state index in [1.807, 2.05) is 13.2 Å². The van der Waals surface area contributed by atoms with Gasteiger partial charge < -0.3 is 5.32 Å². The number of hydrogen-bond acceptors (Lipinski definition) is 3. The Morgan fingerprint density at radius 1 is 1.11 bits per heavy atom. The van der Waals surface area contributed by atoms with Gasteiger partial charge in [0.15, 0.2) is 0 Å². The third-order valence-corrected chi connectivity index (χ3v) is 4.30. The average Bonchev–Trinajstić information content (AvgIpc) is 2.36. The van der Waals surface area contributed by atoms with Crippen molar-refractivity contribution < 1.29 is 0 Å². The van der Waals surface area contributed by atoms with Crippen LogP contribution in [0.2, 0.25) is 0 Å². The predicted octanol–water partition coefficient (Wildman–Crippen LogP) is 3.88. The molecule has 0 atom stereocenters. The van der Waals surface area contributed by atoms with Gasteiger partial charge >= 0.3 is 0 Å². The third-order valence-electron chi connectivity index (χ3n) is 3.00. The normalized spacial score (nSPS) is 10.7. The van der Waals surface area contributed by atoms with Crippen LogP contribution >= 0.6 is 11.8 Å². The molecule has 0 radical (unpaired) electrons. The Labute approximate surface area is 119 Å². The molecule has 3 heteroatoms. The van der Waals surface area contributed by atoms with Crippen molar-refractivity contribution in [2.45, 2.75) is 37.2 Å². The van der Waals surface area contributed by atoms with Gasteiger partial charge in [-0.15, -0.1) is 0 Å². The van der Waals surface area contributed by atoms with Crippen molar-refractivity contribution in [3.05, 3.63) is 52.7 Å². The standard InChI is InChI=1S/C16H20N2S/c1-11-5-6-15(12(2)7-11)19-16-13(3)8-14(9-17-4)10-18-16/h5-8,10,17H,9H2,1-4H3. The van der Waals surface area contributed by atoms with E-state index in [1.54, 1.807) is 11.8 Å². The fourth-order valence-corrected chi connectivity index (χ4v) is 2.94. The molecule has 2 nitrogen and oxygen atoms in total. The Morgan fingerprint density at radius 3 is 2.53 bits per heavy atom. The molecule has 2 aromatic rings. The molecule has 1 aromatic heterocycles. The van der Waals surface area contributed by atoms with Crippen LogP contribution in [0, 0.1) is 20.8 Å². The highest BCUT2D eigenvalue weighted by molar-refractivity contribution is 7.99. The maximum atomic E-state index is 4.58. The highest BCUT2D eigenvalue weighted by Crippen LogP contribution is 2.31. The number of rotatable bonds is 4. The second-order valence-electron chi connectivity index (χ2n) is 4.87. The van der Waals surface area contributed by atoms with Crippen molar-refractivity contribution >= 4 is 11.8 Å². The lowest BCUT2D eigenvalue weighted by molar-refractivity contribution is 0.806. The third kappa shape index (κ3) is 3.58. The first-order valence-electron chi connectivity index (χ1n) is 6.45. The van der Waals surface area contributed by atoms with Gasteiger partial charge in [0, 0.05) is 17.6 Å². The van der Waals surface area contributed by atoms with Crippen molar-refractivity contribution in [2.24, 2.45) is 0 Å². The fourth-order valence-electron chi connectivity index (χ4n) is 2.05. The van der Waals surface area contributed by atoms with Crippen LogP contribution in [0.5, 0.6) is 0 Å². The topological polar surface area (TPSA) is 24.9 Å². The SMILES string of the molecule is CNCc1cnc(Sc2ccc(C)cc2C)c(C)c1. The number of benzene rings is 1. The first kappa shape index (κ1) is 14.1. The smallest absolute Gasteiger partial charge is 0.104 e. The Balaban J connectivity index is 2.23. The summed E-state index contributed by atoms with van der Waals surface area (Å²) in [5, 5.41) is 4.24. The first-order chi connectivity index (χ1) is 9.10. The summed E-state index contributed by atoms with van der Waals surface area (Å²) in [5.74, 6) is 0. The van der Waals surface area contributed by atoms with Crippen molar-refractivity contribution in [2.75, 3.05) is 7.05 Å². The molecule has 1 N–H and O–H groups in total. The molecule has 0 bridgehead atoms. The zero-order valence-electron chi connectivity index (χ0n) is 11.9. The number of nitrogens with one attached hydrogen (secondary N) is 1. The van der Waals surface area contributed by atoms with E-state index in [1.165, 1.54) is 27.1 Å². The zero-order valence-corrected chi connectivity index (χ0v) is 12.8. The molecular weight excluding hydrogens is 252 g/mol. The van der Waals surface area contributed by atoms with Crippen LogP contribution in [0.1, 0.15) is 22.3 Å². The number of aromatic nitrogens is 1. The van der Waals surface area contributed by atoms with Crippen LogP contribution in [-0.4, -0.2) is 12.0 Å². The maximum Gasteiger partial charge on any atom is 0.104 e. The van der Waals surface area contributed by atoms with Crippen LogP contribution in [0.25, 0.3) is 0 Å². The van der Waals surface area contributed by atoms with E-state index >= 15 is 0 Å². The summed E-state index contributed by atoms with van der Waals surface area (Å²) >= 11 is 1.74. The van der Waals surface area contributed by atoms with Crippen LogP contribution in [0.4, 0.5) is 0 Å². The molecule has 0 spiro atoms. The van der Waals surface area contributed by atoms with E-state index in [2.05, 4.69) is 55.3 Å². The second kappa shape index (κ2) is 6.22.